The third kappa shape index (κ3) is 8.60. The molecule has 3 aliphatic carbocycles. The second-order valence-electron chi connectivity index (χ2n) is 19.3. The predicted molar refractivity (Wildman–Crippen MR) is 236 cm³/mol. The number of aliphatic hydroxyl groups excluding tert-OH is 1. The van der Waals surface area contributed by atoms with Gasteiger partial charge in [-0.2, -0.15) is 0 Å². The highest BCUT2D eigenvalue weighted by Crippen LogP contribution is 2.45. The second-order valence-corrected chi connectivity index (χ2v) is 19.3. The van der Waals surface area contributed by atoms with E-state index < -0.39 is 11.1 Å². The number of rotatable bonds is 18. The van der Waals surface area contributed by atoms with Crippen molar-refractivity contribution in [2.45, 2.75) is 199 Å². The van der Waals surface area contributed by atoms with E-state index in [1.165, 1.54) is 96.3 Å². The average Bonchev–Trinajstić information content (AvgIpc) is 3.85. The molecule has 3 N–H and O–H groups in total. The van der Waals surface area contributed by atoms with Gasteiger partial charge in [0.15, 0.2) is 0 Å². The normalized spacial score (nSPS) is 20.2. The summed E-state index contributed by atoms with van der Waals surface area (Å²) in [6, 6.07) is 10.5. The molecule has 1 atom stereocenters. The van der Waals surface area contributed by atoms with Gasteiger partial charge in [0.2, 0.25) is 5.78 Å². The van der Waals surface area contributed by atoms with Crippen LogP contribution in [0.1, 0.15) is 200 Å². The minimum Gasteiger partial charge on any atom is -0.506 e. The van der Waals surface area contributed by atoms with Crippen LogP contribution in [0.2, 0.25) is 0 Å². The molecular weight excluding hydrogens is 705 g/mol. The summed E-state index contributed by atoms with van der Waals surface area (Å²) in [6.45, 7) is 10.8. The lowest BCUT2D eigenvalue weighted by Crippen LogP contribution is -2.46. The van der Waals surface area contributed by atoms with Crippen LogP contribution in [0.5, 0.6) is 0 Å². The zero-order valence-electron chi connectivity index (χ0n) is 36.0. The standard InChI is InChI=1S/C50H72N4O3/c1-6-8-10-12-14-21-32-50(33-22-15-13-11-9-7-2)51-38-29-23-28-34-30-31-37(43(52-50)39(34)38)40-45(55)41(46(40)56)42-47(49(3,4)5)53-54(48(42)57)44(36-26-19-20-27-36)35-24-17-16-18-25-35/h23,28-31,35-36,44,51,53,55H,6-22,24-27,32-33H2,1-5H3/b40-37-. The van der Waals surface area contributed by atoms with Crippen molar-refractivity contribution in [1.82, 2.24) is 9.78 Å². The van der Waals surface area contributed by atoms with Crippen LogP contribution in [0.15, 0.2) is 45.9 Å². The van der Waals surface area contributed by atoms with Crippen molar-refractivity contribution in [1.29, 1.82) is 0 Å². The fraction of sp³-hybridized carbons (Fsp3) is 0.660. The molecule has 2 aromatic carbocycles. The van der Waals surface area contributed by atoms with Gasteiger partial charge < -0.3 is 10.4 Å². The first-order chi connectivity index (χ1) is 27.6. The molecule has 2 fully saturated rings. The zero-order valence-corrected chi connectivity index (χ0v) is 36.0. The number of carbonyl (C=O) groups is 1. The van der Waals surface area contributed by atoms with Gasteiger partial charge in [0.1, 0.15) is 11.4 Å². The Morgan fingerprint density at radius 2 is 1.35 bits per heavy atom. The van der Waals surface area contributed by atoms with Gasteiger partial charge in [0.25, 0.3) is 5.56 Å². The third-order valence-corrected chi connectivity index (χ3v) is 14.0. The molecule has 7 rings (SSSR count). The number of allylic oxidation sites excluding steroid dienone is 2. The minimum absolute atomic E-state index is 0.0666. The van der Waals surface area contributed by atoms with E-state index in [1.54, 1.807) is 0 Å². The number of nitrogens with zero attached hydrogens (tertiary/aromatic N) is 2. The molecule has 310 valence electrons. The molecular formula is C50H72N4O3. The molecule has 1 aliphatic heterocycles. The number of anilines is 1. The molecule has 3 aromatic rings. The molecule has 2 heterocycles. The molecule has 7 heteroatoms. The van der Waals surface area contributed by atoms with Crippen molar-refractivity contribution >= 4 is 33.4 Å². The Kier molecular flexibility index (Phi) is 13.2. The van der Waals surface area contributed by atoms with E-state index in [4.69, 9.17) is 4.99 Å². The van der Waals surface area contributed by atoms with Crippen molar-refractivity contribution in [3.8, 4) is 0 Å². The number of ketones is 1. The Morgan fingerprint density at radius 1 is 0.772 bits per heavy atom. The smallest absolute Gasteiger partial charge is 0.275 e. The van der Waals surface area contributed by atoms with Gasteiger partial charge in [-0.05, 0) is 74.7 Å². The Hall–Kier alpha value is -3.61. The fourth-order valence-electron chi connectivity index (χ4n) is 10.9. The Labute approximate surface area is 341 Å². The quantitative estimate of drug-likeness (QED) is 0.112. The van der Waals surface area contributed by atoms with E-state index in [1.807, 2.05) is 10.7 Å². The van der Waals surface area contributed by atoms with E-state index in [0.717, 1.165) is 78.9 Å². The van der Waals surface area contributed by atoms with Gasteiger partial charge in [0, 0.05) is 21.7 Å². The molecule has 4 aliphatic rings. The highest BCUT2D eigenvalue weighted by Gasteiger charge is 2.44. The number of aromatic nitrogens is 2. The molecule has 0 radical (unpaired) electrons. The van der Waals surface area contributed by atoms with E-state index in [2.05, 4.69) is 69.3 Å². The molecule has 0 bridgehead atoms. The van der Waals surface area contributed by atoms with Crippen LogP contribution in [-0.2, 0) is 10.2 Å². The van der Waals surface area contributed by atoms with E-state index >= 15 is 0 Å². The monoisotopic (exact) mass is 777 g/mol. The summed E-state index contributed by atoms with van der Waals surface area (Å²) in [5, 5.41) is 23.3. The van der Waals surface area contributed by atoms with Crippen LogP contribution in [0.3, 0.4) is 0 Å². The molecule has 57 heavy (non-hydrogen) atoms. The van der Waals surface area contributed by atoms with Crippen LogP contribution in [0.25, 0.3) is 21.9 Å². The lowest BCUT2D eigenvalue weighted by molar-refractivity contribution is -0.109. The summed E-state index contributed by atoms with van der Waals surface area (Å²) in [6.07, 6.45) is 27.1. The maximum atomic E-state index is 14.8. The number of unbranched alkanes of at least 4 members (excludes halogenated alkanes) is 10. The molecule has 7 nitrogen and oxygen atoms in total. The van der Waals surface area contributed by atoms with Gasteiger partial charge in [-0.3, -0.25) is 19.7 Å². The highest BCUT2D eigenvalue weighted by atomic mass is 16.3. The number of aromatic amines is 1. The molecule has 0 amide bonds. The predicted octanol–water partition coefficient (Wildman–Crippen LogP) is 11.9. The lowest BCUT2D eigenvalue weighted by Gasteiger charge is -2.36. The van der Waals surface area contributed by atoms with Gasteiger partial charge in [0.05, 0.1) is 33.8 Å². The molecule has 0 spiro atoms. The third-order valence-electron chi connectivity index (χ3n) is 14.0. The number of hydrogen-bond donors (Lipinski definition) is 3. The summed E-state index contributed by atoms with van der Waals surface area (Å²) in [7, 11) is 0. The van der Waals surface area contributed by atoms with Crippen molar-refractivity contribution in [2.75, 3.05) is 5.32 Å². The van der Waals surface area contributed by atoms with Crippen LogP contribution >= 0.6 is 0 Å². The first-order valence-electron chi connectivity index (χ1n) is 23.4. The van der Waals surface area contributed by atoms with Crippen LogP contribution in [-0.4, -0.2) is 26.3 Å². The van der Waals surface area contributed by atoms with E-state index in [9.17, 15) is 14.7 Å². The maximum Gasteiger partial charge on any atom is 0.275 e. The zero-order chi connectivity index (χ0) is 40.2. The Balaban J connectivity index is 1.34. The van der Waals surface area contributed by atoms with Crippen molar-refractivity contribution in [2.24, 2.45) is 16.8 Å². The summed E-state index contributed by atoms with van der Waals surface area (Å²) in [4.78, 5) is 35.2. The summed E-state index contributed by atoms with van der Waals surface area (Å²) < 4.78 is 1.92. The van der Waals surface area contributed by atoms with Crippen LogP contribution in [0.4, 0.5) is 5.69 Å². The maximum absolute atomic E-state index is 14.8. The lowest BCUT2D eigenvalue weighted by atomic mass is 9.77. The Morgan fingerprint density at radius 3 is 1.93 bits per heavy atom. The first kappa shape index (κ1) is 41.5. The molecule has 0 saturated heterocycles. The number of benzene rings is 2. The minimum atomic E-state index is -0.482. The summed E-state index contributed by atoms with van der Waals surface area (Å²) in [5.74, 6) is 0.581. The van der Waals surface area contributed by atoms with Crippen molar-refractivity contribution in [3.63, 3.8) is 0 Å². The topological polar surface area (TPSA) is 99.5 Å². The van der Waals surface area contributed by atoms with Crippen molar-refractivity contribution < 1.29 is 9.90 Å². The number of nitrogens with one attached hydrogen (secondary N) is 2. The number of Topliss-reactive ketones (excluding diaryl/α,β-unsaturated/α-hetero) is 1. The summed E-state index contributed by atoms with van der Waals surface area (Å²) >= 11 is 0. The largest absolute Gasteiger partial charge is 0.506 e. The highest BCUT2D eigenvalue weighted by molar-refractivity contribution is 6.51. The molecule has 2 saturated carbocycles. The van der Waals surface area contributed by atoms with Gasteiger partial charge in [-0.15, -0.1) is 0 Å². The van der Waals surface area contributed by atoms with Crippen LogP contribution in [0, 0.1) is 11.8 Å². The average molecular weight is 777 g/mol. The van der Waals surface area contributed by atoms with Gasteiger partial charge in [-0.1, -0.05) is 155 Å². The SMILES string of the molecule is CCCCCCCCC1(CCCCCCCC)N=c2/c(=C3\C(=O)C(c4c(C(C)(C)C)[nH]n(C(C5CCCCC5)C5CCCC5)c4=O)=C3O)ccc3cccc(c23)N1. The molecule has 1 unspecified atom stereocenters. The number of aliphatic hydroxyl groups is 1. The first-order valence-corrected chi connectivity index (χ1v) is 23.4. The van der Waals surface area contributed by atoms with Crippen molar-refractivity contribution in [3.05, 3.63) is 68.3 Å². The fourth-order valence-corrected chi connectivity index (χ4v) is 10.9. The number of H-pyrrole nitrogens is 1. The Bertz CT molecular complexity index is 2080. The second kappa shape index (κ2) is 18.1. The van der Waals surface area contributed by atoms with E-state index in [-0.39, 0.29) is 28.7 Å². The number of carbonyl (C=O) groups excluding carboxylic acids is 1. The number of hydrogen-bond acceptors (Lipinski definition) is 5. The van der Waals surface area contributed by atoms with Crippen LogP contribution < -0.4 is 21.5 Å². The van der Waals surface area contributed by atoms with Gasteiger partial charge >= 0.3 is 0 Å². The van der Waals surface area contributed by atoms with Gasteiger partial charge in [-0.25, -0.2) is 4.68 Å². The van der Waals surface area contributed by atoms with E-state index in [0.29, 0.717) is 28.2 Å². The summed E-state index contributed by atoms with van der Waals surface area (Å²) in [5.41, 5.74) is 1.55. The molecule has 1 aromatic heterocycles.